The van der Waals surface area contributed by atoms with Crippen LogP contribution in [0.4, 0.5) is 0 Å². The molecule has 0 saturated carbocycles. The van der Waals surface area contributed by atoms with E-state index in [0.717, 1.165) is 53.1 Å². The minimum Gasteiger partial charge on any atom is -0.346 e. The fraction of sp³-hybridized carbons (Fsp3) is 0.259. The van der Waals surface area contributed by atoms with Crippen molar-refractivity contribution in [3.8, 4) is 28.5 Å². The fourth-order valence-electron chi connectivity index (χ4n) is 4.54. The van der Waals surface area contributed by atoms with E-state index in [-0.39, 0.29) is 5.41 Å². The predicted molar refractivity (Wildman–Crippen MR) is 126 cm³/mol. The summed E-state index contributed by atoms with van der Waals surface area (Å²) in [5.41, 5.74) is 8.58. The minimum absolute atomic E-state index is 0.260. The van der Waals surface area contributed by atoms with Gasteiger partial charge in [-0.05, 0) is 55.1 Å². The van der Waals surface area contributed by atoms with Crippen LogP contribution < -0.4 is 5.32 Å². The smallest absolute Gasteiger partial charge is 0.0991 e. The van der Waals surface area contributed by atoms with Gasteiger partial charge in [0.25, 0.3) is 0 Å². The number of benzene rings is 2. The second-order valence-electron chi connectivity index (χ2n) is 9.03. The predicted octanol–water partition coefficient (Wildman–Crippen LogP) is 5.55. The highest BCUT2D eigenvalue weighted by Crippen LogP contribution is 2.35. The molecule has 2 aromatic carbocycles. The lowest BCUT2D eigenvalue weighted by molar-refractivity contribution is 0.310. The molecule has 5 rings (SSSR count). The molecular formula is C27H26N4. The Kier molecular flexibility index (Phi) is 4.84. The van der Waals surface area contributed by atoms with E-state index in [0.29, 0.717) is 5.56 Å². The molecule has 3 heterocycles. The second kappa shape index (κ2) is 7.68. The Morgan fingerprint density at radius 3 is 2.48 bits per heavy atom. The third kappa shape index (κ3) is 3.73. The van der Waals surface area contributed by atoms with E-state index in [9.17, 15) is 5.26 Å². The molecule has 0 spiro atoms. The molecule has 0 amide bonds. The van der Waals surface area contributed by atoms with E-state index in [1.807, 2.05) is 24.3 Å². The second-order valence-corrected chi connectivity index (χ2v) is 9.03. The molecule has 1 aliphatic rings. The van der Waals surface area contributed by atoms with E-state index in [4.69, 9.17) is 4.98 Å². The number of nitrogens with zero attached hydrogens (tertiary/aromatic N) is 3. The van der Waals surface area contributed by atoms with E-state index in [2.05, 4.69) is 72.4 Å². The Morgan fingerprint density at radius 1 is 1.06 bits per heavy atom. The molecule has 0 radical (unpaired) electrons. The number of aromatic nitrogens is 2. The Labute approximate surface area is 183 Å². The summed E-state index contributed by atoms with van der Waals surface area (Å²) in [6.07, 6.45) is 3.35. The summed E-state index contributed by atoms with van der Waals surface area (Å²) in [7, 11) is 0. The van der Waals surface area contributed by atoms with Crippen LogP contribution in [-0.2, 0) is 6.54 Å². The molecule has 4 nitrogen and oxygen atoms in total. The lowest BCUT2D eigenvalue weighted by Crippen LogP contribution is -2.25. The van der Waals surface area contributed by atoms with Gasteiger partial charge in [0.2, 0.25) is 0 Å². The fourth-order valence-corrected chi connectivity index (χ4v) is 4.54. The maximum absolute atomic E-state index is 9.20. The first-order valence-electron chi connectivity index (χ1n) is 10.8. The molecule has 0 aliphatic carbocycles. The molecule has 2 aromatic heterocycles. The summed E-state index contributed by atoms with van der Waals surface area (Å²) in [4.78, 5) is 5.11. The van der Waals surface area contributed by atoms with Gasteiger partial charge >= 0.3 is 0 Å². The molecule has 1 N–H and O–H groups in total. The van der Waals surface area contributed by atoms with Gasteiger partial charge in [0.15, 0.2) is 0 Å². The molecule has 1 unspecified atom stereocenters. The SMILES string of the molecule is Cc1ccc(-c2nc3ccn(CC4(C)CCNC4)c3cc2-c2ccc(C#N)cc2)cc1. The molecule has 0 bridgehead atoms. The highest BCUT2D eigenvalue weighted by atomic mass is 15.0. The molecule has 4 heteroatoms. The number of fused-ring (bicyclic) bond motifs is 1. The Hall–Kier alpha value is -3.42. The van der Waals surface area contributed by atoms with Crippen molar-refractivity contribution >= 4 is 11.0 Å². The van der Waals surface area contributed by atoms with Crippen LogP contribution in [0.5, 0.6) is 0 Å². The molecule has 1 atom stereocenters. The average molecular weight is 407 g/mol. The number of rotatable bonds is 4. The van der Waals surface area contributed by atoms with Gasteiger partial charge in [-0.1, -0.05) is 48.9 Å². The molecule has 1 aliphatic heterocycles. The first-order valence-corrected chi connectivity index (χ1v) is 10.8. The lowest BCUT2D eigenvalue weighted by Gasteiger charge is -2.24. The Morgan fingerprint density at radius 2 is 1.81 bits per heavy atom. The molecule has 4 aromatic rings. The van der Waals surface area contributed by atoms with Gasteiger partial charge in [-0.25, -0.2) is 4.98 Å². The Bertz CT molecular complexity index is 1270. The molecule has 1 saturated heterocycles. The van der Waals surface area contributed by atoms with Gasteiger partial charge in [0, 0.05) is 30.4 Å². The zero-order valence-electron chi connectivity index (χ0n) is 18.0. The lowest BCUT2D eigenvalue weighted by atomic mass is 9.90. The molecule has 154 valence electrons. The normalized spacial score (nSPS) is 18.4. The Balaban J connectivity index is 1.67. The standard InChI is InChI=1S/C27H26N4/c1-19-3-7-22(8-4-19)26-23(21-9-5-20(16-28)6-10-21)15-25-24(30-26)11-14-31(25)18-27(2)12-13-29-17-27/h3-11,14-15,29H,12-13,17-18H2,1-2H3. The van der Waals surface area contributed by atoms with Crippen LogP contribution in [0, 0.1) is 23.7 Å². The summed E-state index contributed by atoms with van der Waals surface area (Å²) in [6.45, 7) is 7.56. The van der Waals surface area contributed by atoms with Crippen LogP contribution in [-0.4, -0.2) is 22.6 Å². The summed E-state index contributed by atoms with van der Waals surface area (Å²) in [6, 6.07) is 22.9. The van der Waals surface area contributed by atoms with Gasteiger partial charge in [-0.15, -0.1) is 0 Å². The van der Waals surface area contributed by atoms with Crippen LogP contribution >= 0.6 is 0 Å². The number of aryl methyl sites for hydroxylation is 1. The van der Waals surface area contributed by atoms with Crippen molar-refractivity contribution in [1.82, 2.24) is 14.9 Å². The third-order valence-electron chi connectivity index (χ3n) is 6.41. The summed E-state index contributed by atoms with van der Waals surface area (Å²) < 4.78 is 2.35. The molecular weight excluding hydrogens is 380 g/mol. The van der Waals surface area contributed by atoms with Crippen molar-refractivity contribution in [2.75, 3.05) is 13.1 Å². The first-order chi connectivity index (χ1) is 15.0. The van der Waals surface area contributed by atoms with Gasteiger partial charge in [-0.2, -0.15) is 5.26 Å². The van der Waals surface area contributed by atoms with Crippen molar-refractivity contribution in [2.45, 2.75) is 26.8 Å². The van der Waals surface area contributed by atoms with Crippen molar-refractivity contribution in [3.05, 3.63) is 78.0 Å². The van der Waals surface area contributed by atoms with Crippen LogP contribution in [0.2, 0.25) is 0 Å². The van der Waals surface area contributed by atoms with Crippen molar-refractivity contribution < 1.29 is 0 Å². The quantitative estimate of drug-likeness (QED) is 0.483. The summed E-state index contributed by atoms with van der Waals surface area (Å²) >= 11 is 0. The molecule has 1 fully saturated rings. The largest absolute Gasteiger partial charge is 0.346 e. The van der Waals surface area contributed by atoms with E-state index < -0.39 is 0 Å². The van der Waals surface area contributed by atoms with Crippen molar-refractivity contribution in [1.29, 1.82) is 5.26 Å². The van der Waals surface area contributed by atoms with E-state index >= 15 is 0 Å². The number of nitrogens with one attached hydrogen (secondary N) is 1. The zero-order valence-corrected chi connectivity index (χ0v) is 18.0. The monoisotopic (exact) mass is 406 g/mol. The topological polar surface area (TPSA) is 53.6 Å². The number of hydrogen-bond donors (Lipinski definition) is 1. The maximum Gasteiger partial charge on any atom is 0.0991 e. The number of nitriles is 1. The highest BCUT2D eigenvalue weighted by molar-refractivity contribution is 5.90. The zero-order chi connectivity index (χ0) is 21.4. The van der Waals surface area contributed by atoms with Gasteiger partial charge < -0.3 is 9.88 Å². The van der Waals surface area contributed by atoms with Crippen molar-refractivity contribution in [2.24, 2.45) is 5.41 Å². The van der Waals surface area contributed by atoms with E-state index in [1.54, 1.807) is 0 Å². The average Bonchev–Trinajstić information content (AvgIpc) is 3.39. The van der Waals surface area contributed by atoms with Crippen molar-refractivity contribution in [3.63, 3.8) is 0 Å². The first kappa shape index (κ1) is 19.5. The maximum atomic E-state index is 9.20. The summed E-state index contributed by atoms with van der Waals surface area (Å²) in [5.74, 6) is 0. The third-order valence-corrected chi connectivity index (χ3v) is 6.41. The van der Waals surface area contributed by atoms with Gasteiger partial charge in [0.05, 0.1) is 28.4 Å². The highest BCUT2D eigenvalue weighted by Gasteiger charge is 2.29. The van der Waals surface area contributed by atoms with Crippen LogP contribution in [0.15, 0.2) is 66.9 Å². The minimum atomic E-state index is 0.260. The number of hydrogen-bond acceptors (Lipinski definition) is 3. The van der Waals surface area contributed by atoms with Gasteiger partial charge in [0.1, 0.15) is 0 Å². The number of pyridine rings is 1. The van der Waals surface area contributed by atoms with E-state index in [1.165, 1.54) is 12.0 Å². The van der Waals surface area contributed by atoms with Crippen LogP contribution in [0.1, 0.15) is 24.5 Å². The summed E-state index contributed by atoms with van der Waals surface area (Å²) in [5, 5.41) is 12.7. The van der Waals surface area contributed by atoms with Crippen LogP contribution in [0.3, 0.4) is 0 Å². The molecule has 31 heavy (non-hydrogen) atoms. The van der Waals surface area contributed by atoms with Gasteiger partial charge in [-0.3, -0.25) is 0 Å². The van der Waals surface area contributed by atoms with Crippen LogP contribution in [0.25, 0.3) is 33.4 Å².